The monoisotopic (exact) mass is 279 g/mol. The SMILES string of the molecule is Cc1ccc(Cn2c(CN)nc3cc(C)c(C)cc32)cc1. The summed E-state index contributed by atoms with van der Waals surface area (Å²) < 4.78 is 2.23. The molecule has 3 rings (SSSR count). The summed E-state index contributed by atoms with van der Waals surface area (Å²) >= 11 is 0. The standard InChI is InChI=1S/C18H21N3/c1-12-4-6-15(7-5-12)11-21-17-9-14(3)13(2)8-16(17)20-18(21)10-19/h4-9H,10-11,19H2,1-3H3. The van der Waals surface area contributed by atoms with Crippen LogP contribution in [0.3, 0.4) is 0 Å². The van der Waals surface area contributed by atoms with Crippen molar-refractivity contribution in [1.29, 1.82) is 0 Å². The van der Waals surface area contributed by atoms with E-state index in [9.17, 15) is 0 Å². The number of rotatable bonds is 3. The lowest BCUT2D eigenvalue weighted by molar-refractivity contribution is 0.743. The third kappa shape index (κ3) is 2.57. The summed E-state index contributed by atoms with van der Waals surface area (Å²) in [6.07, 6.45) is 0. The smallest absolute Gasteiger partial charge is 0.123 e. The van der Waals surface area contributed by atoms with E-state index in [0.717, 1.165) is 17.9 Å². The third-order valence-electron chi connectivity index (χ3n) is 4.09. The lowest BCUT2D eigenvalue weighted by atomic mass is 10.1. The highest BCUT2D eigenvalue weighted by Gasteiger charge is 2.11. The van der Waals surface area contributed by atoms with Crippen molar-refractivity contribution in [1.82, 2.24) is 9.55 Å². The highest BCUT2D eigenvalue weighted by Crippen LogP contribution is 2.22. The van der Waals surface area contributed by atoms with E-state index in [1.165, 1.54) is 27.8 Å². The minimum atomic E-state index is 0.457. The van der Waals surface area contributed by atoms with E-state index in [4.69, 9.17) is 5.73 Å². The number of hydrogen-bond donors (Lipinski definition) is 1. The van der Waals surface area contributed by atoms with Crippen LogP contribution in [-0.2, 0) is 13.1 Å². The van der Waals surface area contributed by atoms with Gasteiger partial charge in [-0.05, 0) is 49.6 Å². The Bertz CT molecular complexity index is 782. The Balaban J connectivity index is 2.11. The Kier molecular flexibility index (Phi) is 3.52. The van der Waals surface area contributed by atoms with Gasteiger partial charge in [-0.3, -0.25) is 0 Å². The maximum absolute atomic E-state index is 5.89. The number of fused-ring (bicyclic) bond motifs is 1. The summed E-state index contributed by atoms with van der Waals surface area (Å²) in [5.41, 5.74) is 13.2. The summed E-state index contributed by atoms with van der Waals surface area (Å²) in [5.74, 6) is 0.940. The first-order chi connectivity index (χ1) is 10.1. The van der Waals surface area contributed by atoms with Crippen molar-refractivity contribution in [2.24, 2.45) is 5.73 Å². The number of imidazole rings is 1. The van der Waals surface area contributed by atoms with E-state index in [0.29, 0.717) is 6.54 Å². The van der Waals surface area contributed by atoms with Crippen molar-refractivity contribution in [3.8, 4) is 0 Å². The van der Waals surface area contributed by atoms with Gasteiger partial charge in [-0.1, -0.05) is 29.8 Å². The molecule has 3 nitrogen and oxygen atoms in total. The van der Waals surface area contributed by atoms with Crippen LogP contribution in [0, 0.1) is 20.8 Å². The van der Waals surface area contributed by atoms with Crippen molar-refractivity contribution in [2.45, 2.75) is 33.9 Å². The van der Waals surface area contributed by atoms with Crippen LogP contribution in [0.4, 0.5) is 0 Å². The Morgan fingerprint density at radius 3 is 2.33 bits per heavy atom. The topological polar surface area (TPSA) is 43.8 Å². The maximum atomic E-state index is 5.89. The molecule has 2 N–H and O–H groups in total. The van der Waals surface area contributed by atoms with Gasteiger partial charge in [-0.25, -0.2) is 4.98 Å². The van der Waals surface area contributed by atoms with Crippen molar-refractivity contribution in [2.75, 3.05) is 0 Å². The molecule has 0 aliphatic heterocycles. The molecule has 3 aromatic rings. The molecule has 0 unspecified atom stereocenters. The first kappa shape index (κ1) is 13.8. The first-order valence-corrected chi connectivity index (χ1v) is 7.30. The van der Waals surface area contributed by atoms with Crippen LogP contribution < -0.4 is 5.73 Å². The minimum absolute atomic E-state index is 0.457. The molecule has 1 aromatic heterocycles. The van der Waals surface area contributed by atoms with E-state index < -0.39 is 0 Å². The number of aromatic nitrogens is 2. The summed E-state index contributed by atoms with van der Waals surface area (Å²) in [5, 5.41) is 0. The lowest BCUT2D eigenvalue weighted by Crippen LogP contribution is -2.09. The molecule has 0 amide bonds. The fraction of sp³-hybridized carbons (Fsp3) is 0.278. The summed E-state index contributed by atoms with van der Waals surface area (Å²) in [6, 6.07) is 13.0. The number of aryl methyl sites for hydroxylation is 3. The van der Waals surface area contributed by atoms with Crippen LogP contribution in [0.5, 0.6) is 0 Å². The molecule has 0 saturated heterocycles. The van der Waals surface area contributed by atoms with Gasteiger partial charge >= 0.3 is 0 Å². The fourth-order valence-electron chi connectivity index (χ4n) is 2.64. The Labute approximate surface area is 125 Å². The molecule has 21 heavy (non-hydrogen) atoms. The molecule has 0 radical (unpaired) electrons. The zero-order valence-electron chi connectivity index (χ0n) is 12.9. The van der Waals surface area contributed by atoms with Crippen molar-refractivity contribution >= 4 is 11.0 Å². The molecular weight excluding hydrogens is 258 g/mol. The molecule has 3 heteroatoms. The highest BCUT2D eigenvalue weighted by molar-refractivity contribution is 5.78. The molecule has 0 bridgehead atoms. The first-order valence-electron chi connectivity index (χ1n) is 7.30. The quantitative estimate of drug-likeness (QED) is 0.798. The zero-order valence-corrected chi connectivity index (χ0v) is 12.9. The van der Waals surface area contributed by atoms with E-state index in [-0.39, 0.29) is 0 Å². The van der Waals surface area contributed by atoms with Crippen LogP contribution in [0.2, 0.25) is 0 Å². The predicted molar refractivity (Wildman–Crippen MR) is 87.4 cm³/mol. The molecule has 0 aliphatic rings. The van der Waals surface area contributed by atoms with E-state index in [1.54, 1.807) is 0 Å². The van der Waals surface area contributed by atoms with Gasteiger partial charge in [0.25, 0.3) is 0 Å². The van der Waals surface area contributed by atoms with Gasteiger partial charge in [-0.15, -0.1) is 0 Å². The lowest BCUT2D eigenvalue weighted by Gasteiger charge is -2.09. The third-order valence-corrected chi connectivity index (χ3v) is 4.09. The van der Waals surface area contributed by atoms with Gasteiger partial charge in [-0.2, -0.15) is 0 Å². The second-order valence-corrected chi connectivity index (χ2v) is 5.73. The van der Waals surface area contributed by atoms with Gasteiger partial charge in [0.05, 0.1) is 17.6 Å². The van der Waals surface area contributed by atoms with Crippen molar-refractivity contribution < 1.29 is 0 Å². The number of hydrogen-bond acceptors (Lipinski definition) is 2. The largest absolute Gasteiger partial charge is 0.324 e. The Morgan fingerprint density at radius 1 is 1.00 bits per heavy atom. The molecular formula is C18H21N3. The molecule has 108 valence electrons. The van der Waals surface area contributed by atoms with Gasteiger partial charge in [0.1, 0.15) is 5.82 Å². The van der Waals surface area contributed by atoms with E-state index >= 15 is 0 Å². The summed E-state index contributed by atoms with van der Waals surface area (Å²) in [7, 11) is 0. The number of benzene rings is 2. The average molecular weight is 279 g/mol. The fourth-order valence-corrected chi connectivity index (χ4v) is 2.64. The molecule has 0 fully saturated rings. The van der Waals surface area contributed by atoms with E-state index in [2.05, 4.69) is 66.7 Å². The average Bonchev–Trinajstić information content (AvgIpc) is 2.79. The van der Waals surface area contributed by atoms with Crippen LogP contribution in [0.1, 0.15) is 28.1 Å². The molecule has 1 heterocycles. The normalized spacial score (nSPS) is 11.2. The summed E-state index contributed by atoms with van der Waals surface area (Å²) in [6.45, 7) is 7.63. The second kappa shape index (κ2) is 5.34. The number of nitrogens with zero attached hydrogens (tertiary/aromatic N) is 2. The van der Waals surface area contributed by atoms with Gasteiger partial charge in [0, 0.05) is 6.54 Å². The highest BCUT2D eigenvalue weighted by atomic mass is 15.1. The molecule has 0 saturated carbocycles. The molecule has 0 aliphatic carbocycles. The molecule has 0 atom stereocenters. The maximum Gasteiger partial charge on any atom is 0.123 e. The zero-order chi connectivity index (χ0) is 15.0. The van der Waals surface area contributed by atoms with Crippen LogP contribution >= 0.6 is 0 Å². The van der Waals surface area contributed by atoms with Crippen molar-refractivity contribution in [3.63, 3.8) is 0 Å². The Morgan fingerprint density at radius 2 is 1.67 bits per heavy atom. The van der Waals surface area contributed by atoms with Gasteiger partial charge < -0.3 is 10.3 Å². The predicted octanol–water partition coefficient (Wildman–Crippen LogP) is 3.47. The number of nitrogens with two attached hydrogens (primary N) is 1. The van der Waals surface area contributed by atoms with Gasteiger partial charge in [0.2, 0.25) is 0 Å². The summed E-state index contributed by atoms with van der Waals surface area (Å²) in [4.78, 5) is 4.68. The van der Waals surface area contributed by atoms with Crippen LogP contribution in [0.15, 0.2) is 36.4 Å². The van der Waals surface area contributed by atoms with Crippen molar-refractivity contribution in [3.05, 3.63) is 64.5 Å². The van der Waals surface area contributed by atoms with Crippen LogP contribution in [-0.4, -0.2) is 9.55 Å². The molecule has 2 aromatic carbocycles. The second-order valence-electron chi connectivity index (χ2n) is 5.73. The Hall–Kier alpha value is -2.13. The molecule has 0 spiro atoms. The van der Waals surface area contributed by atoms with Crippen LogP contribution in [0.25, 0.3) is 11.0 Å². The van der Waals surface area contributed by atoms with Gasteiger partial charge in [0.15, 0.2) is 0 Å². The van der Waals surface area contributed by atoms with E-state index in [1.807, 2.05) is 0 Å². The minimum Gasteiger partial charge on any atom is -0.324 e.